The molecule has 0 amide bonds. The van der Waals surface area contributed by atoms with E-state index in [0.717, 1.165) is 12.5 Å². The summed E-state index contributed by atoms with van der Waals surface area (Å²) in [4.78, 5) is -0.711. The number of rotatable bonds is 3. The molecule has 0 aliphatic heterocycles. The highest BCUT2D eigenvalue weighted by molar-refractivity contribution is 7.92. The van der Waals surface area contributed by atoms with Gasteiger partial charge in [-0.1, -0.05) is 19.1 Å². The second-order valence-electron chi connectivity index (χ2n) is 4.41. The molecule has 0 heterocycles. The van der Waals surface area contributed by atoms with Gasteiger partial charge in [-0.2, -0.15) is 13.2 Å². The Morgan fingerprint density at radius 1 is 1.28 bits per heavy atom. The van der Waals surface area contributed by atoms with E-state index in [1.54, 1.807) is 0 Å². The molecule has 1 N–H and O–H groups in total. The minimum absolute atomic E-state index is 0.0178. The maximum atomic E-state index is 12.5. The average Bonchev–Trinajstić information content (AvgIpc) is 2.93. The number of halogens is 3. The third kappa shape index (κ3) is 2.31. The van der Waals surface area contributed by atoms with Gasteiger partial charge in [0.1, 0.15) is 0 Å². The standard InChI is InChI=1S/C11H12F3NO2S/c1-7-6-9(7)15-8-4-2-3-5-10(8)18(16,17)11(12,13)14/h2-5,7,9,15H,6H2,1H3. The number of nitrogens with one attached hydrogen (secondary N) is 1. The van der Waals surface area contributed by atoms with Gasteiger partial charge in [0.2, 0.25) is 0 Å². The molecule has 1 aliphatic carbocycles. The van der Waals surface area contributed by atoms with Crippen LogP contribution >= 0.6 is 0 Å². The van der Waals surface area contributed by atoms with Crippen molar-refractivity contribution >= 4 is 15.5 Å². The van der Waals surface area contributed by atoms with Crippen molar-refractivity contribution in [3.05, 3.63) is 24.3 Å². The van der Waals surface area contributed by atoms with Gasteiger partial charge in [-0.25, -0.2) is 8.42 Å². The zero-order valence-corrected chi connectivity index (χ0v) is 10.3. The molecule has 7 heteroatoms. The summed E-state index contributed by atoms with van der Waals surface area (Å²) in [6, 6.07) is 5.15. The molecule has 2 rings (SSSR count). The quantitative estimate of drug-likeness (QED) is 0.925. The number of hydrogen-bond donors (Lipinski definition) is 1. The molecule has 2 unspecified atom stereocenters. The summed E-state index contributed by atoms with van der Waals surface area (Å²) in [5.74, 6) is 0.353. The summed E-state index contributed by atoms with van der Waals surface area (Å²) in [7, 11) is -5.30. The van der Waals surface area contributed by atoms with Crippen molar-refractivity contribution in [3.63, 3.8) is 0 Å². The van der Waals surface area contributed by atoms with Crippen molar-refractivity contribution in [2.24, 2.45) is 5.92 Å². The van der Waals surface area contributed by atoms with Crippen LogP contribution in [0.25, 0.3) is 0 Å². The Morgan fingerprint density at radius 3 is 2.33 bits per heavy atom. The lowest BCUT2D eigenvalue weighted by molar-refractivity contribution is -0.0435. The normalized spacial score (nSPS) is 23.8. The number of para-hydroxylation sites is 1. The van der Waals surface area contributed by atoms with E-state index in [1.165, 1.54) is 18.2 Å². The van der Waals surface area contributed by atoms with Gasteiger partial charge in [0.05, 0.1) is 10.6 Å². The van der Waals surface area contributed by atoms with Crippen LogP contribution in [-0.2, 0) is 9.84 Å². The molecule has 3 nitrogen and oxygen atoms in total. The number of sulfone groups is 1. The Hall–Kier alpha value is -1.24. The monoisotopic (exact) mass is 279 g/mol. The predicted octanol–water partition coefficient (Wildman–Crippen LogP) is 2.80. The molecule has 1 saturated carbocycles. The maximum Gasteiger partial charge on any atom is 0.501 e. The predicted molar refractivity (Wildman–Crippen MR) is 60.9 cm³/mol. The van der Waals surface area contributed by atoms with Gasteiger partial charge >= 0.3 is 5.51 Å². The molecule has 1 aromatic carbocycles. The van der Waals surface area contributed by atoms with E-state index < -0.39 is 20.2 Å². The van der Waals surface area contributed by atoms with Crippen LogP contribution in [0.2, 0.25) is 0 Å². The Balaban J connectivity index is 2.39. The van der Waals surface area contributed by atoms with Gasteiger partial charge in [-0.05, 0) is 24.5 Å². The number of alkyl halides is 3. The highest BCUT2D eigenvalue weighted by Gasteiger charge is 2.48. The molecule has 1 aliphatic rings. The van der Waals surface area contributed by atoms with E-state index in [9.17, 15) is 21.6 Å². The van der Waals surface area contributed by atoms with Crippen LogP contribution in [0.15, 0.2) is 29.2 Å². The van der Waals surface area contributed by atoms with Gasteiger partial charge in [-0.15, -0.1) is 0 Å². The maximum absolute atomic E-state index is 12.5. The van der Waals surface area contributed by atoms with Crippen LogP contribution in [0.4, 0.5) is 18.9 Å². The van der Waals surface area contributed by atoms with E-state index in [1.807, 2.05) is 6.92 Å². The zero-order chi connectivity index (χ0) is 13.6. The molecule has 1 fully saturated rings. The van der Waals surface area contributed by atoms with Crippen molar-refractivity contribution in [3.8, 4) is 0 Å². The lowest BCUT2D eigenvalue weighted by Crippen LogP contribution is -2.24. The minimum atomic E-state index is -5.30. The third-order valence-corrected chi connectivity index (χ3v) is 4.48. The van der Waals surface area contributed by atoms with Crippen molar-refractivity contribution in [1.29, 1.82) is 0 Å². The fourth-order valence-corrected chi connectivity index (χ4v) is 2.59. The topological polar surface area (TPSA) is 46.2 Å². The second-order valence-corrected chi connectivity index (χ2v) is 6.32. The number of benzene rings is 1. The molecule has 0 spiro atoms. The molecule has 100 valence electrons. The molecule has 2 atom stereocenters. The molecular formula is C11H12F3NO2S. The summed E-state index contributed by atoms with van der Waals surface area (Å²) in [6.45, 7) is 1.94. The van der Waals surface area contributed by atoms with Crippen LogP contribution in [0, 0.1) is 5.92 Å². The Kier molecular flexibility index (Phi) is 3.04. The number of hydrogen-bond acceptors (Lipinski definition) is 3. The van der Waals surface area contributed by atoms with Crippen LogP contribution in [0.5, 0.6) is 0 Å². The van der Waals surface area contributed by atoms with Crippen LogP contribution < -0.4 is 5.32 Å². The lowest BCUT2D eigenvalue weighted by atomic mass is 10.3. The largest absolute Gasteiger partial charge is 0.501 e. The first-order valence-electron chi connectivity index (χ1n) is 5.40. The molecule has 0 aromatic heterocycles. The van der Waals surface area contributed by atoms with Crippen LogP contribution in [-0.4, -0.2) is 20.0 Å². The zero-order valence-electron chi connectivity index (χ0n) is 9.53. The van der Waals surface area contributed by atoms with E-state index >= 15 is 0 Å². The fourth-order valence-electron chi connectivity index (χ4n) is 1.67. The minimum Gasteiger partial charge on any atom is -0.381 e. The second kappa shape index (κ2) is 4.15. The summed E-state index contributed by atoms with van der Waals surface area (Å²) in [5.41, 5.74) is -5.26. The molecular weight excluding hydrogens is 267 g/mol. The van der Waals surface area contributed by atoms with Crippen LogP contribution in [0.3, 0.4) is 0 Å². The third-order valence-electron chi connectivity index (χ3n) is 2.93. The van der Waals surface area contributed by atoms with Crippen LogP contribution in [0.1, 0.15) is 13.3 Å². The highest BCUT2D eigenvalue weighted by atomic mass is 32.2. The first kappa shape index (κ1) is 13.2. The van der Waals surface area contributed by atoms with Gasteiger partial charge < -0.3 is 5.32 Å². The van der Waals surface area contributed by atoms with Crippen molar-refractivity contribution < 1.29 is 21.6 Å². The molecule has 1 aromatic rings. The van der Waals surface area contributed by atoms with Gasteiger partial charge in [0, 0.05) is 6.04 Å². The Labute approximate surface area is 103 Å². The summed E-state index contributed by atoms with van der Waals surface area (Å²) >= 11 is 0. The Bertz CT molecular complexity index is 554. The number of anilines is 1. The van der Waals surface area contributed by atoms with E-state index in [4.69, 9.17) is 0 Å². The van der Waals surface area contributed by atoms with E-state index in [-0.39, 0.29) is 11.7 Å². The van der Waals surface area contributed by atoms with Gasteiger partial charge in [0.25, 0.3) is 9.84 Å². The Morgan fingerprint density at radius 2 is 1.83 bits per heavy atom. The molecule has 0 saturated heterocycles. The van der Waals surface area contributed by atoms with Gasteiger partial charge in [-0.3, -0.25) is 0 Å². The molecule has 0 radical (unpaired) electrons. The summed E-state index contributed by atoms with van der Waals surface area (Å²) in [5, 5.41) is 2.83. The SMILES string of the molecule is CC1CC1Nc1ccccc1S(=O)(=O)C(F)(F)F. The highest BCUT2D eigenvalue weighted by Crippen LogP contribution is 2.38. The average molecular weight is 279 g/mol. The first-order chi connectivity index (χ1) is 8.23. The first-order valence-corrected chi connectivity index (χ1v) is 6.88. The summed E-state index contributed by atoms with van der Waals surface area (Å²) < 4.78 is 60.3. The van der Waals surface area contributed by atoms with Crippen molar-refractivity contribution in [1.82, 2.24) is 0 Å². The lowest BCUT2D eigenvalue weighted by Gasteiger charge is -2.13. The summed E-state index contributed by atoms with van der Waals surface area (Å²) in [6.07, 6.45) is 0.834. The van der Waals surface area contributed by atoms with E-state index in [2.05, 4.69) is 5.32 Å². The molecule has 0 bridgehead atoms. The fraction of sp³-hybridized carbons (Fsp3) is 0.455. The van der Waals surface area contributed by atoms with Crippen molar-refractivity contribution in [2.75, 3.05) is 5.32 Å². The smallest absolute Gasteiger partial charge is 0.381 e. The van der Waals surface area contributed by atoms with E-state index in [0.29, 0.717) is 5.92 Å². The molecule has 18 heavy (non-hydrogen) atoms. The van der Waals surface area contributed by atoms with Gasteiger partial charge in [0.15, 0.2) is 0 Å². The van der Waals surface area contributed by atoms with Crippen molar-refractivity contribution in [2.45, 2.75) is 29.8 Å².